The van der Waals surface area contributed by atoms with E-state index >= 15 is 0 Å². The first kappa shape index (κ1) is 12.0. The molecule has 3 aromatic rings. The minimum Gasteiger partial charge on any atom is -0.383 e. The molecule has 2 aromatic heterocycles. The summed E-state index contributed by atoms with van der Waals surface area (Å²) in [4.78, 5) is 4.39. The van der Waals surface area contributed by atoms with Gasteiger partial charge in [-0.15, -0.1) is 0 Å². The molecule has 0 radical (unpaired) electrons. The van der Waals surface area contributed by atoms with Crippen LogP contribution in [0.4, 0.5) is 10.2 Å². The number of benzene rings is 1. The Morgan fingerprint density at radius 1 is 1.26 bits per heavy atom. The third-order valence-corrected chi connectivity index (χ3v) is 3.30. The normalized spacial score (nSPS) is 11.1. The number of imidazole rings is 1. The van der Waals surface area contributed by atoms with E-state index in [2.05, 4.69) is 4.98 Å². The van der Waals surface area contributed by atoms with Crippen molar-refractivity contribution in [3.63, 3.8) is 0 Å². The van der Waals surface area contributed by atoms with E-state index < -0.39 is 5.82 Å². The monoisotopic (exact) mass is 275 g/mol. The average molecular weight is 276 g/mol. The first-order valence-corrected chi connectivity index (χ1v) is 6.14. The van der Waals surface area contributed by atoms with Crippen molar-refractivity contribution in [2.75, 3.05) is 5.73 Å². The van der Waals surface area contributed by atoms with E-state index in [4.69, 9.17) is 17.3 Å². The van der Waals surface area contributed by atoms with Crippen molar-refractivity contribution < 1.29 is 4.39 Å². The van der Waals surface area contributed by atoms with Gasteiger partial charge in [0.05, 0.1) is 0 Å². The Kier molecular flexibility index (Phi) is 2.68. The Bertz CT molecular complexity index is 780. The molecule has 5 heteroatoms. The number of aromatic nitrogens is 2. The Morgan fingerprint density at radius 2 is 2.05 bits per heavy atom. The van der Waals surface area contributed by atoms with Crippen LogP contribution >= 0.6 is 11.6 Å². The second-order valence-corrected chi connectivity index (χ2v) is 4.77. The molecular formula is C14H11ClFN3. The van der Waals surface area contributed by atoms with Crippen molar-refractivity contribution >= 4 is 23.1 Å². The average Bonchev–Trinajstić information content (AvgIpc) is 2.68. The molecule has 0 aliphatic carbocycles. The first-order chi connectivity index (χ1) is 9.08. The zero-order valence-electron chi connectivity index (χ0n) is 10.2. The molecule has 0 aliphatic rings. The number of rotatable bonds is 1. The molecule has 0 bridgehead atoms. The Morgan fingerprint density at radius 3 is 2.74 bits per heavy atom. The van der Waals surface area contributed by atoms with Gasteiger partial charge in [-0.25, -0.2) is 9.37 Å². The SMILES string of the molecule is Cc1cccc2nc(-c3ccc(Cl)cc3F)c(N)n12. The maximum atomic E-state index is 14.0. The van der Waals surface area contributed by atoms with Gasteiger partial charge in [0.2, 0.25) is 0 Å². The fraction of sp³-hybridized carbons (Fsp3) is 0.0714. The zero-order chi connectivity index (χ0) is 13.6. The summed E-state index contributed by atoms with van der Waals surface area (Å²) in [6.07, 6.45) is 0. The van der Waals surface area contributed by atoms with Crippen molar-refractivity contribution in [1.29, 1.82) is 0 Å². The highest BCUT2D eigenvalue weighted by atomic mass is 35.5. The number of fused-ring (bicyclic) bond motifs is 1. The van der Waals surface area contributed by atoms with Crippen LogP contribution < -0.4 is 5.73 Å². The summed E-state index contributed by atoms with van der Waals surface area (Å²) in [6, 6.07) is 10.1. The molecule has 2 N–H and O–H groups in total. The minimum absolute atomic E-state index is 0.347. The number of pyridine rings is 1. The highest BCUT2D eigenvalue weighted by Crippen LogP contribution is 2.30. The molecule has 0 saturated carbocycles. The predicted octanol–water partition coefficient (Wildman–Crippen LogP) is 3.68. The number of hydrogen-bond donors (Lipinski definition) is 1. The Labute approximate surface area is 114 Å². The lowest BCUT2D eigenvalue weighted by Gasteiger charge is -2.03. The van der Waals surface area contributed by atoms with Crippen LogP contribution in [0, 0.1) is 12.7 Å². The summed E-state index contributed by atoms with van der Waals surface area (Å²) in [6.45, 7) is 1.92. The predicted molar refractivity (Wildman–Crippen MR) is 74.7 cm³/mol. The van der Waals surface area contributed by atoms with E-state index in [-0.39, 0.29) is 0 Å². The topological polar surface area (TPSA) is 43.3 Å². The third-order valence-electron chi connectivity index (χ3n) is 3.06. The smallest absolute Gasteiger partial charge is 0.139 e. The van der Waals surface area contributed by atoms with Crippen molar-refractivity contribution in [3.05, 3.63) is 52.9 Å². The minimum atomic E-state index is -0.430. The van der Waals surface area contributed by atoms with Gasteiger partial charge in [-0.1, -0.05) is 17.7 Å². The van der Waals surface area contributed by atoms with Gasteiger partial charge in [0.1, 0.15) is 23.0 Å². The van der Waals surface area contributed by atoms with Crippen LogP contribution in [0.5, 0.6) is 0 Å². The Hall–Kier alpha value is -2.07. The highest BCUT2D eigenvalue weighted by Gasteiger charge is 2.15. The fourth-order valence-electron chi connectivity index (χ4n) is 2.16. The van der Waals surface area contributed by atoms with E-state index in [1.807, 2.05) is 25.1 Å². The van der Waals surface area contributed by atoms with Crippen LogP contribution in [-0.2, 0) is 0 Å². The number of anilines is 1. The molecule has 0 atom stereocenters. The lowest BCUT2D eigenvalue weighted by atomic mass is 10.1. The zero-order valence-corrected chi connectivity index (χ0v) is 10.9. The van der Waals surface area contributed by atoms with Gasteiger partial charge in [0, 0.05) is 16.3 Å². The molecule has 0 aliphatic heterocycles. The second kappa shape index (κ2) is 4.24. The molecule has 19 heavy (non-hydrogen) atoms. The van der Waals surface area contributed by atoms with Gasteiger partial charge in [0.15, 0.2) is 0 Å². The fourth-order valence-corrected chi connectivity index (χ4v) is 2.32. The molecule has 2 heterocycles. The van der Waals surface area contributed by atoms with Crippen molar-refractivity contribution in [2.45, 2.75) is 6.92 Å². The molecule has 0 unspecified atom stereocenters. The van der Waals surface area contributed by atoms with Crippen molar-refractivity contribution in [3.8, 4) is 11.3 Å². The second-order valence-electron chi connectivity index (χ2n) is 4.33. The van der Waals surface area contributed by atoms with Crippen LogP contribution in [0.15, 0.2) is 36.4 Å². The molecule has 0 amide bonds. The van der Waals surface area contributed by atoms with Gasteiger partial charge < -0.3 is 5.73 Å². The maximum absolute atomic E-state index is 14.0. The maximum Gasteiger partial charge on any atom is 0.139 e. The van der Waals surface area contributed by atoms with Crippen LogP contribution in [0.25, 0.3) is 16.9 Å². The molecule has 3 rings (SSSR count). The third kappa shape index (κ3) is 1.85. The number of nitrogen functional groups attached to an aromatic ring is 1. The number of hydrogen-bond acceptors (Lipinski definition) is 2. The molecular weight excluding hydrogens is 265 g/mol. The van der Waals surface area contributed by atoms with E-state index in [1.54, 1.807) is 16.5 Å². The number of nitrogens with zero attached hydrogens (tertiary/aromatic N) is 2. The summed E-state index contributed by atoms with van der Waals surface area (Å²) < 4.78 is 15.8. The van der Waals surface area contributed by atoms with Crippen LogP contribution in [0.2, 0.25) is 5.02 Å². The van der Waals surface area contributed by atoms with Gasteiger partial charge in [-0.2, -0.15) is 0 Å². The summed E-state index contributed by atoms with van der Waals surface area (Å²) in [5.41, 5.74) is 8.51. The highest BCUT2D eigenvalue weighted by molar-refractivity contribution is 6.30. The van der Waals surface area contributed by atoms with Crippen LogP contribution in [0.1, 0.15) is 5.69 Å². The first-order valence-electron chi connectivity index (χ1n) is 5.77. The van der Waals surface area contributed by atoms with Crippen LogP contribution in [0.3, 0.4) is 0 Å². The number of halogens is 2. The van der Waals surface area contributed by atoms with E-state index in [1.165, 1.54) is 6.07 Å². The van der Waals surface area contributed by atoms with Crippen LogP contribution in [-0.4, -0.2) is 9.38 Å². The van der Waals surface area contributed by atoms with E-state index in [0.29, 0.717) is 27.7 Å². The summed E-state index contributed by atoms with van der Waals surface area (Å²) in [7, 11) is 0. The largest absolute Gasteiger partial charge is 0.383 e. The van der Waals surface area contributed by atoms with Gasteiger partial charge >= 0.3 is 0 Å². The van der Waals surface area contributed by atoms with Gasteiger partial charge in [0.25, 0.3) is 0 Å². The van der Waals surface area contributed by atoms with Crippen molar-refractivity contribution in [2.24, 2.45) is 0 Å². The summed E-state index contributed by atoms with van der Waals surface area (Å²) >= 11 is 5.75. The molecule has 0 fully saturated rings. The quantitative estimate of drug-likeness (QED) is 0.736. The van der Waals surface area contributed by atoms with Crippen molar-refractivity contribution in [1.82, 2.24) is 9.38 Å². The number of aryl methyl sites for hydroxylation is 1. The molecule has 0 saturated heterocycles. The molecule has 96 valence electrons. The summed E-state index contributed by atoms with van der Waals surface area (Å²) in [5, 5.41) is 0.347. The van der Waals surface area contributed by atoms with E-state index in [0.717, 1.165) is 5.69 Å². The Balaban J connectivity index is 2.31. The standard InChI is InChI=1S/C14H11ClFN3/c1-8-3-2-4-12-18-13(14(17)19(8)12)10-6-5-9(15)7-11(10)16/h2-7H,17H2,1H3. The molecule has 1 aromatic carbocycles. The molecule has 0 spiro atoms. The lowest BCUT2D eigenvalue weighted by molar-refractivity contribution is 0.631. The molecule has 3 nitrogen and oxygen atoms in total. The van der Waals surface area contributed by atoms with Gasteiger partial charge in [-0.05, 0) is 37.3 Å². The lowest BCUT2D eigenvalue weighted by Crippen LogP contribution is -1.97. The summed E-state index contributed by atoms with van der Waals surface area (Å²) in [5.74, 6) is -0.00502. The number of nitrogens with two attached hydrogens (primary N) is 1. The van der Waals surface area contributed by atoms with Gasteiger partial charge in [-0.3, -0.25) is 4.40 Å². The van der Waals surface area contributed by atoms with E-state index in [9.17, 15) is 4.39 Å².